The van der Waals surface area contributed by atoms with Crippen LogP contribution in [0.25, 0.3) is 10.8 Å². The number of fused-ring (bicyclic) bond motifs is 1. The van der Waals surface area contributed by atoms with Crippen molar-refractivity contribution < 1.29 is 27.6 Å². The second kappa shape index (κ2) is 7.55. The molecule has 3 rings (SSSR count). The third kappa shape index (κ3) is 4.20. The van der Waals surface area contributed by atoms with Gasteiger partial charge in [-0.2, -0.15) is 13.2 Å². The molecule has 0 aliphatic carbocycles. The summed E-state index contributed by atoms with van der Waals surface area (Å²) >= 11 is 0. The summed E-state index contributed by atoms with van der Waals surface area (Å²) in [6.45, 7) is -0.690. The van der Waals surface area contributed by atoms with Gasteiger partial charge in [-0.25, -0.2) is 0 Å². The fourth-order valence-electron chi connectivity index (χ4n) is 2.64. The van der Waals surface area contributed by atoms with E-state index < -0.39 is 40.6 Å². The lowest BCUT2D eigenvalue weighted by molar-refractivity contribution is -0.385. The molecule has 0 aromatic heterocycles. The molecule has 0 heterocycles. The number of hydrogen-bond donors (Lipinski definition) is 1. The van der Waals surface area contributed by atoms with Crippen molar-refractivity contribution in [3.05, 3.63) is 76.3 Å². The van der Waals surface area contributed by atoms with E-state index in [0.717, 1.165) is 22.9 Å². The van der Waals surface area contributed by atoms with Gasteiger partial charge in [0.15, 0.2) is 6.61 Å². The van der Waals surface area contributed by atoms with E-state index in [1.165, 1.54) is 0 Å². The SMILES string of the molecule is O=C(COc1ccc([N+](=O)[O-])cc1C(F)(F)F)Nc1cccc2ccccc12. The van der Waals surface area contributed by atoms with E-state index in [9.17, 15) is 28.1 Å². The van der Waals surface area contributed by atoms with E-state index in [0.29, 0.717) is 11.8 Å². The number of alkyl halides is 3. The number of carbonyl (C=O) groups excluding carboxylic acids is 1. The monoisotopic (exact) mass is 390 g/mol. The lowest BCUT2D eigenvalue weighted by Gasteiger charge is -2.14. The number of halogens is 3. The number of benzene rings is 3. The van der Waals surface area contributed by atoms with Crippen molar-refractivity contribution in [2.24, 2.45) is 0 Å². The second-order valence-electron chi connectivity index (χ2n) is 5.80. The molecule has 9 heteroatoms. The lowest BCUT2D eigenvalue weighted by Crippen LogP contribution is -2.21. The number of hydrogen-bond acceptors (Lipinski definition) is 4. The highest BCUT2D eigenvalue weighted by molar-refractivity contribution is 6.02. The molecular formula is C19H13F3N2O4. The fourth-order valence-corrected chi connectivity index (χ4v) is 2.64. The fraction of sp³-hybridized carbons (Fsp3) is 0.105. The Bertz CT molecular complexity index is 1050. The Labute approximate surface area is 156 Å². The third-order valence-electron chi connectivity index (χ3n) is 3.90. The van der Waals surface area contributed by atoms with Crippen molar-refractivity contribution in [2.45, 2.75) is 6.18 Å². The molecule has 3 aromatic carbocycles. The molecule has 6 nitrogen and oxygen atoms in total. The smallest absolute Gasteiger partial charge is 0.420 e. The van der Waals surface area contributed by atoms with E-state index in [1.807, 2.05) is 18.2 Å². The van der Waals surface area contributed by atoms with E-state index in [-0.39, 0.29) is 0 Å². The number of non-ortho nitro benzene ring substituents is 1. The Balaban J connectivity index is 1.76. The van der Waals surface area contributed by atoms with E-state index in [4.69, 9.17) is 4.74 Å². The highest BCUT2D eigenvalue weighted by Gasteiger charge is 2.36. The standard InChI is InChI=1S/C19H13F3N2O4/c20-19(21,22)15-10-13(24(26)27)8-9-17(15)28-11-18(25)23-16-7-3-5-12-4-1-2-6-14(12)16/h1-10H,11H2,(H,23,25). The van der Waals surface area contributed by atoms with Crippen LogP contribution >= 0.6 is 0 Å². The van der Waals surface area contributed by atoms with Crippen molar-refractivity contribution in [3.63, 3.8) is 0 Å². The van der Waals surface area contributed by atoms with E-state index in [1.54, 1.807) is 24.3 Å². The number of carbonyl (C=O) groups is 1. The van der Waals surface area contributed by atoms with Crippen molar-refractivity contribution in [1.82, 2.24) is 0 Å². The quantitative estimate of drug-likeness (QED) is 0.502. The van der Waals surface area contributed by atoms with Crippen LogP contribution in [0.3, 0.4) is 0 Å². The van der Waals surface area contributed by atoms with Crippen LogP contribution in [0.15, 0.2) is 60.7 Å². The Kier molecular flexibility index (Phi) is 5.16. The molecule has 0 unspecified atom stereocenters. The third-order valence-corrected chi connectivity index (χ3v) is 3.90. The summed E-state index contributed by atoms with van der Waals surface area (Å²) in [6.07, 6.45) is -4.87. The summed E-state index contributed by atoms with van der Waals surface area (Å²) < 4.78 is 44.4. The molecular weight excluding hydrogens is 377 g/mol. The summed E-state index contributed by atoms with van der Waals surface area (Å²) in [7, 11) is 0. The first-order valence-electron chi connectivity index (χ1n) is 8.02. The van der Waals surface area contributed by atoms with Crippen LogP contribution in [0.2, 0.25) is 0 Å². The molecule has 0 radical (unpaired) electrons. The highest BCUT2D eigenvalue weighted by Crippen LogP contribution is 2.38. The van der Waals surface area contributed by atoms with Crippen LogP contribution in [0.4, 0.5) is 24.5 Å². The number of nitro groups is 1. The van der Waals surface area contributed by atoms with Crippen molar-refractivity contribution in [3.8, 4) is 5.75 Å². The molecule has 0 atom stereocenters. The predicted molar refractivity (Wildman–Crippen MR) is 96.2 cm³/mol. The molecule has 144 valence electrons. The number of rotatable bonds is 5. The number of anilines is 1. The van der Waals surface area contributed by atoms with Gasteiger partial charge in [-0.15, -0.1) is 0 Å². The second-order valence-corrected chi connectivity index (χ2v) is 5.80. The molecule has 0 saturated carbocycles. The van der Waals surface area contributed by atoms with Crippen molar-refractivity contribution >= 4 is 28.1 Å². The normalized spacial score (nSPS) is 11.2. The van der Waals surface area contributed by atoms with Crippen molar-refractivity contribution in [1.29, 1.82) is 0 Å². The Morgan fingerprint density at radius 2 is 1.79 bits per heavy atom. The van der Waals surface area contributed by atoms with Crippen molar-refractivity contribution in [2.75, 3.05) is 11.9 Å². The van der Waals surface area contributed by atoms with Gasteiger partial charge in [-0.1, -0.05) is 36.4 Å². The van der Waals surface area contributed by atoms with Crippen LogP contribution < -0.4 is 10.1 Å². The molecule has 3 aromatic rings. The lowest BCUT2D eigenvalue weighted by atomic mass is 10.1. The van der Waals surface area contributed by atoms with Gasteiger partial charge >= 0.3 is 6.18 Å². The summed E-state index contributed by atoms with van der Waals surface area (Å²) in [5.41, 5.74) is -1.55. The zero-order chi connectivity index (χ0) is 20.3. The number of nitrogens with zero attached hydrogens (tertiary/aromatic N) is 1. The van der Waals surface area contributed by atoms with E-state index in [2.05, 4.69) is 5.32 Å². The van der Waals surface area contributed by atoms with Crippen LogP contribution in [0.1, 0.15) is 5.56 Å². The van der Waals surface area contributed by atoms with Crippen LogP contribution in [0.5, 0.6) is 5.75 Å². The van der Waals surface area contributed by atoms with Gasteiger partial charge in [-0.05, 0) is 17.5 Å². The summed E-state index contributed by atoms with van der Waals surface area (Å²) in [5.74, 6) is -1.32. The number of ether oxygens (including phenoxy) is 1. The number of nitrogens with one attached hydrogen (secondary N) is 1. The molecule has 0 aliphatic heterocycles. The maximum absolute atomic E-state index is 13.1. The minimum Gasteiger partial charge on any atom is -0.483 e. The topological polar surface area (TPSA) is 81.5 Å². The Morgan fingerprint density at radius 3 is 2.50 bits per heavy atom. The van der Waals surface area contributed by atoms with Gasteiger partial charge in [0.2, 0.25) is 0 Å². The summed E-state index contributed by atoms with van der Waals surface area (Å²) in [6, 6.07) is 14.6. The molecule has 0 spiro atoms. The first-order valence-corrected chi connectivity index (χ1v) is 8.02. The maximum atomic E-state index is 13.1. The van der Waals surface area contributed by atoms with Crippen LogP contribution in [-0.4, -0.2) is 17.4 Å². The first kappa shape index (κ1) is 19.2. The number of amides is 1. The zero-order valence-electron chi connectivity index (χ0n) is 14.2. The van der Waals surface area contributed by atoms with Crippen LogP contribution in [-0.2, 0) is 11.0 Å². The molecule has 28 heavy (non-hydrogen) atoms. The highest BCUT2D eigenvalue weighted by atomic mass is 19.4. The van der Waals surface area contributed by atoms with Gasteiger partial charge < -0.3 is 10.1 Å². The summed E-state index contributed by atoms with van der Waals surface area (Å²) in [5, 5.41) is 14.9. The van der Waals surface area contributed by atoms with Gasteiger partial charge in [-0.3, -0.25) is 14.9 Å². The minimum absolute atomic E-state index is 0.373. The maximum Gasteiger partial charge on any atom is 0.420 e. The zero-order valence-corrected chi connectivity index (χ0v) is 14.2. The molecule has 0 bridgehead atoms. The molecule has 1 N–H and O–H groups in total. The number of nitro benzene ring substituents is 1. The molecule has 0 aliphatic rings. The average molecular weight is 390 g/mol. The van der Waals surface area contributed by atoms with Gasteiger partial charge in [0.25, 0.3) is 11.6 Å². The molecule has 1 amide bonds. The average Bonchev–Trinajstić information content (AvgIpc) is 2.65. The Morgan fingerprint density at radius 1 is 1.07 bits per heavy atom. The van der Waals surface area contributed by atoms with Gasteiger partial charge in [0, 0.05) is 23.2 Å². The minimum atomic E-state index is -4.87. The van der Waals surface area contributed by atoms with Crippen LogP contribution in [0, 0.1) is 10.1 Å². The predicted octanol–water partition coefficient (Wildman–Crippen LogP) is 4.78. The molecule has 0 fully saturated rings. The summed E-state index contributed by atoms with van der Waals surface area (Å²) in [4.78, 5) is 21.9. The largest absolute Gasteiger partial charge is 0.483 e. The first-order chi connectivity index (χ1) is 13.3. The van der Waals surface area contributed by atoms with Gasteiger partial charge in [0.05, 0.1) is 4.92 Å². The Hall–Kier alpha value is -3.62. The molecule has 0 saturated heterocycles. The van der Waals surface area contributed by atoms with E-state index >= 15 is 0 Å². The van der Waals surface area contributed by atoms with Gasteiger partial charge in [0.1, 0.15) is 11.3 Å².